The normalized spacial score (nSPS) is 11.4. The van der Waals surface area contributed by atoms with Gasteiger partial charge in [-0.2, -0.15) is 0 Å². The molecule has 1 heterocycles. The fourth-order valence-electron chi connectivity index (χ4n) is 3.30. The topological polar surface area (TPSA) is 12.9 Å². The van der Waals surface area contributed by atoms with E-state index in [1.165, 1.54) is 20.9 Å². The first kappa shape index (κ1) is 16.2. The van der Waals surface area contributed by atoms with Crippen LogP contribution in [0.15, 0.2) is 103 Å². The van der Waals surface area contributed by atoms with E-state index in [4.69, 9.17) is 0 Å². The van der Waals surface area contributed by atoms with Crippen LogP contribution in [0.3, 0.4) is 0 Å². The molecule has 0 amide bonds. The van der Waals surface area contributed by atoms with E-state index in [1.54, 1.807) is 11.3 Å². The highest BCUT2D eigenvalue weighted by atomic mass is 32.1. The number of aromatic nitrogens is 1. The fraction of sp³-hybridized carbons (Fsp3) is 0.0455. The third kappa shape index (κ3) is 3.16. The Morgan fingerprint density at radius 2 is 1.08 bits per heavy atom. The summed E-state index contributed by atoms with van der Waals surface area (Å²) < 4.78 is 0. The van der Waals surface area contributed by atoms with E-state index in [-0.39, 0.29) is 0 Å². The maximum Gasteiger partial charge on any atom is 0.131 e. The molecular weight excluding hydrogens is 341 g/mol. The second kappa shape index (κ2) is 7.31. The Balaban J connectivity index is 2.01. The summed E-state index contributed by atoms with van der Waals surface area (Å²) in [6, 6.07) is 32.9. The van der Waals surface area contributed by atoms with E-state index in [1.807, 2.05) is 6.20 Å². The minimum Gasteiger partial charge on any atom is -0.246 e. The van der Waals surface area contributed by atoms with Gasteiger partial charge in [-0.25, -0.2) is 4.98 Å². The van der Waals surface area contributed by atoms with Gasteiger partial charge in [0, 0.05) is 11.6 Å². The molecule has 122 valence electrons. The number of hydrogen-bond acceptors (Lipinski definition) is 2. The molecule has 4 rings (SSSR count). The Morgan fingerprint density at radius 3 is 1.44 bits per heavy atom. The molecular formula is C22H19NPS+. The lowest BCUT2D eigenvalue weighted by molar-refractivity contribution is 1.26. The Bertz CT molecular complexity index is 810. The number of benzene rings is 3. The van der Waals surface area contributed by atoms with Crippen LogP contribution >= 0.6 is 18.6 Å². The van der Waals surface area contributed by atoms with Gasteiger partial charge in [-0.05, 0) is 36.4 Å². The van der Waals surface area contributed by atoms with E-state index >= 15 is 0 Å². The van der Waals surface area contributed by atoms with E-state index in [2.05, 4.69) is 101 Å². The van der Waals surface area contributed by atoms with Gasteiger partial charge in [0.05, 0.1) is 0 Å². The molecule has 0 spiro atoms. The summed E-state index contributed by atoms with van der Waals surface area (Å²) in [7, 11) is -1.79. The Hall–Kier alpha value is -2.28. The van der Waals surface area contributed by atoms with E-state index in [0.29, 0.717) is 0 Å². The molecule has 0 atom stereocenters. The molecule has 0 aliphatic rings. The van der Waals surface area contributed by atoms with Crippen molar-refractivity contribution in [1.82, 2.24) is 4.98 Å². The van der Waals surface area contributed by atoms with Gasteiger partial charge in [-0.3, -0.25) is 0 Å². The van der Waals surface area contributed by atoms with Crippen molar-refractivity contribution < 1.29 is 0 Å². The molecule has 0 unspecified atom stereocenters. The van der Waals surface area contributed by atoms with Gasteiger partial charge in [0.2, 0.25) is 0 Å². The van der Waals surface area contributed by atoms with Crippen LogP contribution in [0.25, 0.3) is 0 Å². The predicted molar refractivity (Wildman–Crippen MR) is 111 cm³/mol. The second-order valence-electron chi connectivity index (χ2n) is 5.90. The number of thiazole rings is 1. The molecule has 25 heavy (non-hydrogen) atoms. The van der Waals surface area contributed by atoms with Gasteiger partial charge in [-0.15, -0.1) is 11.3 Å². The maximum atomic E-state index is 4.62. The van der Waals surface area contributed by atoms with Crippen molar-refractivity contribution in [3.8, 4) is 0 Å². The van der Waals surface area contributed by atoms with Gasteiger partial charge in [-0.1, -0.05) is 54.6 Å². The van der Waals surface area contributed by atoms with Crippen LogP contribution in [-0.4, -0.2) is 4.98 Å². The molecule has 0 saturated carbocycles. The Kier molecular flexibility index (Phi) is 4.74. The van der Waals surface area contributed by atoms with Crippen LogP contribution in [0.2, 0.25) is 0 Å². The van der Waals surface area contributed by atoms with Crippen LogP contribution in [-0.2, 0) is 6.16 Å². The van der Waals surface area contributed by atoms with Crippen LogP contribution < -0.4 is 15.9 Å². The summed E-state index contributed by atoms with van der Waals surface area (Å²) in [6.07, 6.45) is 2.87. The highest BCUT2D eigenvalue weighted by Gasteiger charge is 2.46. The van der Waals surface area contributed by atoms with Crippen molar-refractivity contribution in [3.05, 3.63) is 108 Å². The van der Waals surface area contributed by atoms with E-state index < -0.39 is 7.26 Å². The molecule has 3 heteroatoms. The highest BCUT2D eigenvalue weighted by Crippen LogP contribution is 2.58. The van der Waals surface area contributed by atoms with Crippen LogP contribution in [0.1, 0.15) is 5.01 Å². The van der Waals surface area contributed by atoms with Crippen molar-refractivity contribution >= 4 is 34.5 Å². The van der Waals surface area contributed by atoms with Crippen molar-refractivity contribution in [2.75, 3.05) is 0 Å². The third-order valence-corrected chi connectivity index (χ3v) is 9.75. The summed E-state index contributed by atoms with van der Waals surface area (Å²) in [4.78, 5) is 4.62. The zero-order valence-electron chi connectivity index (χ0n) is 13.8. The summed E-state index contributed by atoms with van der Waals surface area (Å²) >= 11 is 1.75. The largest absolute Gasteiger partial charge is 0.246 e. The number of hydrogen-bond donors (Lipinski definition) is 0. The van der Waals surface area contributed by atoms with Crippen molar-refractivity contribution in [2.24, 2.45) is 0 Å². The van der Waals surface area contributed by atoms with Gasteiger partial charge in [0.15, 0.2) is 0 Å². The first-order chi connectivity index (χ1) is 12.4. The lowest BCUT2D eigenvalue weighted by Crippen LogP contribution is -2.32. The average molecular weight is 360 g/mol. The van der Waals surface area contributed by atoms with E-state index in [9.17, 15) is 0 Å². The van der Waals surface area contributed by atoms with Gasteiger partial charge in [0.1, 0.15) is 34.3 Å². The van der Waals surface area contributed by atoms with Crippen molar-refractivity contribution in [1.29, 1.82) is 0 Å². The minimum atomic E-state index is -1.79. The fourth-order valence-corrected chi connectivity index (χ4v) is 8.55. The average Bonchev–Trinajstić information content (AvgIpc) is 3.21. The molecule has 4 aromatic rings. The quantitative estimate of drug-likeness (QED) is 0.473. The summed E-state index contributed by atoms with van der Waals surface area (Å²) in [5, 5.41) is 7.49. The smallest absolute Gasteiger partial charge is 0.131 e. The monoisotopic (exact) mass is 360 g/mol. The minimum absolute atomic E-state index is 0.961. The first-order valence-corrected chi connectivity index (χ1v) is 11.2. The van der Waals surface area contributed by atoms with Crippen LogP contribution in [0.5, 0.6) is 0 Å². The second-order valence-corrected chi connectivity index (χ2v) is 10.4. The highest BCUT2D eigenvalue weighted by molar-refractivity contribution is 7.95. The SMILES string of the molecule is c1ccc([P+](Cc2nccs2)(c2ccccc2)c2ccccc2)cc1. The lowest BCUT2D eigenvalue weighted by atomic mass is 10.4. The van der Waals surface area contributed by atoms with Crippen LogP contribution in [0, 0.1) is 0 Å². The standard InChI is InChI=1S/C22H19NPS/c1-4-10-19(11-5-1)24(18-22-23-16-17-25-22,20-12-6-2-7-13-20)21-14-8-3-9-15-21/h1-17H,18H2/q+1. The lowest BCUT2D eigenvalue weighted by Gasteiger charge is -2.26. The Morgan fingerprint density at radius 1 is 0.640 bits per heavy atom. The number of nitrogens with zero attached hydrogens (tertiary/aromatic N) is 1. The molecule has 0 fully saturated rings. The zero-order chi connectivity index (χ0) is 17.0. The van der Waals surface area contributed by atoms with Crippen molar-refractivity contribution in [2.45, 2.75) is 6.16 Å². The first-order valence-electron chi connectivity index (χ1n) is 8.33. The molecule has 3 aromatic carbocycles. The van der Waals surface area contributed by atoms with Crippen LogP contribution in [0.4, 0.5) is 0 Å². The molecule has 0 aliphatic heterocycles. The summed E-state index contributed by atoms with van der Waals surface area (Å²) in [6.45, 7) is 0. The molecule has 0 radical (unpaired) electrons. The van der Waals surface area contributed by atoms with E-state index in [0.717, 1.165) is 6.16 Å². The Labute approximate surface area is 153 Å². The molecule has 1 nitrogen and oxygen atoms in total. The molecule has 0 N–H and O–H groups in total. The molecule has 0 aliphatic carbocycles. The predicted octanol–water partition coefficient (Wildman–Crippen LogP) is 4.64. The zero-order valence-corrected chi connectivity index (χ0v) is 15.5. The summed E-state index contributed by atoms with van der Waals surface area (Å²) in [5.74, 6) is 0. The molecule has 0 saturated heterocycles. The van der Waals surface area contributed by atoms with Gasteiger partial charge < -0.3 is 0 Å². The van der Waals surface area contributed by atoms with Crippen molar-refractivity contribution in [3.63, 3.8) is 0 Å². The third-order valence-electron chi connectivity index (χ3n) is 4.45. The maximum absolute atomic E-state index is 4.62. The molecule has 1 aromatic heterocycles. The number of rotatable bonds is 5. The van der Waals surface area contributed by atoms with Gasteiger partial charge >= 0.3 is 0 Å². The summed E-state index contributed by atoms with van der Waals surface area (Å²) in [5.41, 5.74) is 0. The molecule has 0 bridgehead atoms. The van der Waals surface area contributed by atoms with Gasteiger partial charge in [0.25, 0.3) is 0 Å².